The molecule has 37 heavy (non-hydrogen) atoms. The highest BCUT2D eigenvalue weighted by molar-refractivity contribution is 9.10. The van der Waals surface area contributed by atoms with Gasteiger partial charge in [-0.3, -0.25) is 9.52 Å². The number of anilines is 2. The molecule has 14 heteroatoms. The Morgan fingerprint density at radius 3 is 2.22 bits per heavy atom. The Balaban J connectivity index is 0.000000604. The first-order valence-electron chi connectivity index (χ1n) is 11.2. The van der Waals surface area contributed by atoms with Crippen molar-refractivity contribution in [2.75, 3.05) is 35.8 Å². The van der Waals surface area contributed by atoms with Crippen molar-refractivity contribution in [3.05, 3.63) is 52.5 Å². The molecule has 1 amide bonds. The molecule has 1 atom stereocenters. The molecule has 1 aliphatic rings. The lowest BCUT2D eigenvalue weighted by Gasteiger charge is -2.31. The van der Waals surface area contributed by atoms with Gasteiger partial charge in [-0.1, -0.05) is 22.9 Å². The fraction of sp³-hybridized carbons (Fsp3) is 0.391. The zero-order valence-electron chi connectivity index (χ0n) is 20.1. The lowest BCUT2D eigenvalue weighted by atomic mass is 10.1. The van der Waals surface area contributed by atoms with Gasteiger partial charge < -0.3 is 20.6 Å². The summed E-state index contributed by atoms with van der Waals surface area (Å²) in [6, 6.07) is 11.7. The van der Waals surface area contributed by atoms with Gasteiger partial charge in [0.1, 0.15) is 0 Å². The predicted molar refractivity (Wildman–Crippen MR) is 137 cm³/mol. The van der Waals surface area contributed by atoms with Gasteiger partial charge in [0, 0.05) is 42.3 Å². The molecule has 2 aromatic rings. The van der Waals surface area contributed by atoms with Crippen LogP contribution in [0.3, 0.4) is 0 Å². The number of carbonyl (C=O) groups excluding carboxylic acids is 1. The Hall–Kier alpha value is -2.84. The maximum atomic E-state index is 13.0. The first-order valence-corrected chi connectivity index (χ1v) is 13.5. The van der Waals surface area contributed by atoms with Crippen LogP contribution in [0.4, 0.5) is 24.5 Å². The van der Waals surface area contributed by atoms with Crippen LogP contribution < -0.4 is 20.3 Å². The summed E-state index contributed by atoms with van der Waals surface area (Å²) in [5, 5.41) is 13.3. The highest BCUT2D eigenvalue weighted by Gasteiger charge is 2.38. The lowest BCUT2D eigenvalue weighted by molar-refractivity contribution is -0.192. The number of halogens is 4. The molecule has 0 aliphatic carbocycles. The number of hydrogen-bond acceptors (Lipinski definition) is 6. The minimum Gasteiger partial charge on any atom is -0.475 e. The number of carboxylic acids is 1. The number of hydrogen-bond donors (Lipinski definition) is 4. The number of alkyl halides is 3. The molecule has 0 spiro atoms. The number of benzene rings is 2. The van der Waals surface area contributed by atoms with Crippen LogP contribution in [0, 0.1) is 0 Å². The zero-order chi connectivity index (χ0) is 27.8. The lowest BCUT2D eigenvalue weighted by Crippen LogP contribution is -2.43. The molecule has 1 heterocycles. The number of nitrogens with zero attached hydrogens (tertiary/aromatic N) is 1. The Kier molecular flexibility index (Phi) is 10.8. The van der Waals surface area contributed by atoms with Crippen molar-refractivity contribution in [1.29, 1.82) is 0 Å². The number of piperazine rings is 1. The Morgan fingerprint density at radius 2 is 1.70 bits per heavy atom. The van der Waals surface area contributed by atoms with Gasteiger partial charge in [0.05, 0.1) is 16.3 Å². The summed E-state index contributed by atoms with van der Waals surface area (Å²) in [5.74, 6) is -2.98. The van der Waals surface area contributed by atoms with Gasteiger partial charge in [0.25, 0.3) is 15.9 Å². The summed E-state index contributed by atoms with van der Waals surface area (Å²) in [7, 11) is -3.81. The van der Waals surface area contributed by atoms with Crippen molar-refractivity contribution in [3.63, 3.8) is 0 Å². The first-order chi connectivity index (χ1) is 17.2. The van der Waals surface area contributed by atoms with Gasteiger partial charge in [-0.25, -0.2) is 13.2 Å². The van der Waals surface area contributed by atoms with Crippen molar-refractivity contribution in [2.24, 2.45) is 0 Å². The maximum Gasteiger partial charge on any atom is 0.490 e. The summed E-state index contributed by atoms with van der Waals surface area (Å²) >= 11 is 3.32. The van der Waals surface area contributed by atoms with Crippen LogP contribution in [0.1, 0.15) is 30.6 Å². The van der Waals surface area contributed by atoms with Crippen LogP contribution in [0.5, 0.6) is 0 Å². The van der Waals surface area contributed by atoms with E-state index in [0.29, 0.717) is 11.3 Å². The number of rotatable bonds is 7. The van der Waals surface area contributed by atoms with E-state index in [9.17, 15) is 26.4 Å². The van der Waals surface area contributed by atoms with Crippen molar-refractivity contribution in [3.8, 4) is 0 Å². The fourth-order valence-corrected chi connectivity index (χ4v) is 4.50. The molecule has 0 bridgehead atoms. The van der Waals surface area contributed by atoms with Gasteiger partial charge in [0.2, 0.25) is 0 Å². The third-order valence-electron chi connectivity index (χ3n) is 5.32. The van der Waals surface area contributed by atoms with Crippen LogP contribution in [-0.4, -0.2) is 63.8 Å². The fourth-order valence-electron chi connectivity index (χ4n) is 3.17. The minimum atomic E-state index is -5.08. The molecule has 1 aliphatic heterocycles. The molecule has 0 aromatic heterocycles. The van der Waals surface area contributed by atoms with E-state index in [2.05, 4.69) is 36.2 Å². The van der Waals surface area contributed by atoms with Crippen molar-refractivity contribution < 1.29 is 36.3 Å². The van der Waals surface area contributed by atoms with Gasteiger partial charge in [-0.15, -0.1) is 0 Å². The number of nitrogens with one attached hydrogen (secondary N) is 3. The van der Waals surface area contributed by atoms with Crippen LogP contribution in [-0.2, 0) is 14.8 Å². The summed E-state index contributed by atoms with van der Waals surface area (Å²) in [6.45, 7) is 7.07. The van der Waals surface area contributed by atoms with Crippen LogP contribution in [0.15, 0.2) is 51.8 Å². The molecule has 1 fully saturated rings. The second-order valence-corrected chi connectivity index (χ2v) is 10.7. The topological polar surface area (TPSA) is 128 Å². The Bertz CT molecular complexity index is 1190. The molecule has 1 saturated heterocycles. The number of carboxylic acid groups (broad SMARTS) is 1. The van der Waals surface area contributed by atoms with Crippen molar-refractivity contribution >= 4 is 49.2 Å². The van der Waals surface area contributed by atoms with Gasteiger partial charge in [0.15, 0.2) is 0 Å². The number of sulfonamides is 1. The van der Waals surface area contributed by atoms with Crippen LogP contribution >= 0.6 is 15.9 Å². The molecule has 3 rings (SSSR count). The van der Waals surface area contributed by atoms with E-state index in [1.54, 1.807) is 24.3 Å². The summed E-state index contributed by atoms with van der Waals surface area (Å²) < 4.78 is 61.2. The van der Waals surface area contributed by atoms with E-state index in [1.807, 2.05) is 19.9 Å². The average molecular weight is 609 g/mol. The van der Waals surface area contributed by atoms with Crippen LogP contribution in [0.25, 0.3) is 0 Å². The van der Waals surface area contributed by atoms with E-state index in [1.165, 1.54) is 12.1 Å². The standard InChI is InChI=1S/C21H27BrN4O3S.C2HF3O2/c1-3-15(2)24-21(27)16-4-9-20(26-12-10-23-11-13-26)19(14-16)25-30(28,29)18-7-5-17(22)6-8-18;3-2(4,5)1(6)7/h4-9,14-15,23,25H,3,10-13H2,1-2H3,(H,24,27);(H,6,7). The monoisotopic (exact) mass is 608 g/mol. The molecule has 0 saturated carbocycles. The van der Waals surface area contributed by atoms with Crippen molar-refractivity contribution in [1.82, 2.24) is 10.6 Å². The van der Waals surface area contributed by atoms with E-state index in [4.69, 9.17) is 9.90 Å². The third kappa shape index (κ3) is 9.20. The predicted octanol–water partition coefficient (Wildman–Crippen LogP) is 3.82. The molecular weight excluding hydrogens is 581 g/mol. The van der Waals surface area contributed by atoms with E-state index in [0.717, 1.165) is 42.8 Å². The number of aliphatic carboxylic acids is 1. The van der Waals surface area contributed by atoms with Gasteiger partial charge >= 0.3 is 12.1 Å². The van der Waals surface area contributed by atoms with Crippen LogP contribution in [0.2, 0.25) is 0 Å². The largest absolute Gasteiger partial charge is 0.490 e. The normalized spacial score (nSPS) is 14.7. The molecule has 9 nitrogen and oxygen atoms in total. The SMILES string of the molecule is CCC(C)NC(=O)c1ccc(N2CCNCC2)c(NS(=O)(=O)c2ccc(Br)cc2)c1.O=C(O)C(F)(F)F. The average Bonchev–Trinajstić information content (AvgIpc) is 2.84. The molecule has 1 unspecified atom stereocenters. The second-order valence-electron chi connectivity index (χ2n) is 8.11. The summed E-state index contributed by atoms with van der Waals surface area (Å²) in [5.41, 5.74) is 1.58. The number of carbonyl (C=O) groups is 2. The van der Waals surface area contributed by atoms with E-state index < -0.39 is 22.2 Å². The Morgan fingerprint density at radius 1 is 1.14 bits per heavy atom. The van der Waals surface area contributed by atoms with E-state index in [-0.39, 0.29) is 16.8 Å². The summed E-state index contributed by atoms with van der Waals surface area (Å²) in [4.78, 5) is 23.8. The minimum absolute atomic E-state index is 0.0354. The van der Waals surface area contributed by atoms with Gasteiger partial charge in [-0.2, -0.15) is 13.2 Å². The highest BCUT2D eigenvalue weighted by atomic mass is 79.9. The molecule has 2 aromatic carbocycles. The summed E-state index contributed by atoms with van der Waals surface area (Å²) in [6.07, 6.45) is -4.27. The maximum absolute atomic E-state index is 13.0. The molecule has 4 N–H and O–H groups in total. The first kappa shape index (κ1) is 30.4. The smallest absolute Gasteiger partial charge is 0.475 e. The third-order valence-corrected chi connectivity index (χ3v) is 7.23. The van der Waals surface area contributed by atoms with Gasteiger partial charge in [-0.05, 0) is 55.8 Å². The quantitative estimate of drug-likeness (QED) is 0.376. The second kappa shape index (κ2) is 13.1. The molecule has 0 radical (unpaired) electrons. The van der Waals surface area contributed by atoms with Crippen molar-refractivity contribution in [2.45, 2.75) is 37.4 Å². The Labute approximate surface area is 221 Å². The zero-order valence-corrected chi connectivity index (χ0v) is 22.5. The molecule has 204 valence electrons. The van der Waals surface area contributed by atoms with E-state index >= 15 is 0 Å². The number of amides is 1. The molecular formula is C23H28BrF3N4O5S. The highest BCUT2D eigenvalue weighted by Crippen LogP contribution is 2.30.